The lowest BCUT2D eigenvalue weighted by atomic mass is 9.61. The third-order valence-electron chi connectivity index (χ3n) is 5.67. The van der Waals surface area contributed by atoms with Gasteiger partial charge in [-0.1, -0.05) is 36.4 Å². The lowest BCUT2D eigenvalue weighted by Crippen LogP contribution is -2.61. The third-order valence-corrected chi connectivity index (χ3v) is 8.60. The summed E-state index contributed by atoms with van der Waals surface area (Å²) in [6, 6.07) is 10.9. The Labute approximate surface area is 265 Å². The fourth-order valence-electron chi connectivity index (χ4n) is 3.47. The molecule has 1 heterocycles. The van der Waals surface area contributed by atoms with Crippen molar-refractivity contribution in [2.45, 2.75) is 16.5 Å². The number of halogens is 9. The van der Waals surface area contributed by atoms with Crippen LogP contribution in [-0.2, 0) is 44.1 Å². The van der Waals surface area contributed by atoms with E-state index in [1.165, 1.54) is 0 Å². The third kappa shape index (κ3) is 8.49. The van der Waals surface area contributed by atoms with Gasteiger partial charge in [0.05, 0.1) is 0 Å². The zero-order valence-corrected chi connectivity index (χ0v) is 25.1. The molecule has 1 aliphatic heterocycles. The summed E-state index contributed by atoms with van der Waals surface area (Å²) in [5.41, 5.74) is -17.3. The molecule has 27 heteroatoms. The van der Waals surface area contributed by atoms with Crippen LogP contribution in [0.2, 0.25) is 0 Å². The molecule has 0 aliphatic carbocycles. The fraction of sp³-hybridized carbons (Fsp3) is 0.143. The molecule has 0 unspecified atom stereocenters. The van der Waals surface area contributed by atoms with E-state index in [2.05, 4.69) is 12.5 Å². The van der Waals surface area contributed by atoms with E-state index in [4.69, 9.17) is 13.7 Å². The Balaban J connectivity index is 1.62. The summed E-state index contributed by atoms with van der Waals surface area (Å²) < 4.78 is 211. The summed E-state index contributed by atoms with van der Waals surface area (Å²) in [6.07, 6.45) is 0. The molecule has 0 N–H and O–H groups in total. The zero-order chi connectivity index (χ0) is 35.9. The van der Waals surface area contributed by atoms with Gasteiger partial charge in [-0.3, -0.25) is 0 Å². The number of hydrogen-bond donors (Lipinski definition) is 0. The molecule has 12 nitrogen and oxygen atoms in total. The number of alkyl halides is 9. The molecule has 0 amide bonds. The van der Waals surface area contributed by atoms with Crippen molar-refractivity contribution in [3.63, 3.8) is 0 Å². The van der Waals surface area contributed by atoms with E-state index in [0.717, 1.165) is 72.8 Å². The van der Waals surface area contributed by atoms with Gasteiger partial charge < -0.3 is 26.3 Å². The Hall–Kier alpha value is -3.65. The summed E-state index contributed by atoms with van der Waals surface area (Å²) in [5.74, 6) is -2.32. The van der Waals surface area contributed by atoms with Crippen LogP contribution >= 0.6 is 0 Å². The summed E-state index contributed by atoms with van der Waals surface area (Å²) >= 11 is 0. The topological polar surface area (TPSA) is 158 Å². The van der Waals surface area contributed by atoms with E-state index >= 15 is 0 Å². The van der Waals surface area contributed by atoms with Crippen molar-refractivity contribution >= 4 is 68.1 Å². The Morgan fingerprint density at radius 1 is 0.396 bits per heavy atom. The fourth-order valence-corrected chi connectivity index (χ4v) is 4.84. The highest BCUT2D eigenvalue weighted by molar-refractivity contribution is 7.88. The van der Waals surface area contributed by atoms with Crippen LogP contribution in [0.1, 0.15) is 0 Å². The minimum Gasteiger partial charge on any atom is -0.445 e. The van der Waals surface area contributed by atoms with Crippen molar-refractivity contribution < 1.29 is 91.0 Å². The molecule has 1 fully saturated rings. The van der Waals surface area contributed by atoms with E-state index in [0.29, 0.717) is 0 Å². The van der Waals surface area contributed by atoms with Gasteiger partial charge in [-0.25, -0.2) is 0 Å². The minimum absolute atomic E-state index is 0.0162. The maximum absolute atomic E-state index is 12.7. The molecule has 0 atom stereocenters. The monoisotopic (exact) mass is 756 g/mol. The molecular formula is C21H12B3F9O12S3. The lowest BCUT2D eigenvalue weighted by Gasteiger charge is -2.31. The molecule has 3 aromatic carbocycles. The van der Waals surface area contributed by atoms with Crippen molar-refractivity contribution in [3.05, 3.63) is 72.8 Å². The van der Waals surface area contributed by atoms with Crippen LogP contribution in [0.25, 0.3) is 0 Å². The smallest absolute Gasteiger partial charge is 0.445 e. The number of hydrogen-bond acceptors (Lipinski definition) is 12. The summed E-state index contributed by atoms with van der Waals surface area (Å²) in [6.45, 7) is 0. The highest BCUT2D eigenvalue weighted by Crippen LogP contribution is 2.29. The van der Waals surface area contributed by atoms with Gasteiger partial charge in [-0.15, -0.1) is 0 Å². The SMILES string of the molecule is O=S(=O)(Oc1ccc(B2OB(c3ccc(OS(=O)(=O)C(F)(F)F)cc3)OB(c3ccc(OS(=O)(=O)C(F)(F)F)cc3)O2)cc1)C(F)(F)F. The van der Waals surface area contributed by atoms with Crippen molar-refractivity contribution in [1.29, 1.82) is 0 Å². The van der Waals surface area contributed by atoms with Gasteiger partial charge in [0.25, 0.3) is 0 Å². The van der Waals surface area contributed by atoms with Crippen LogP contribution in [0.3, 0.4) is 0 Å². The predicted molar refractivity (Wildman–Crippen MR) is 146 cm³/mol. The summed E-state index contributed by atoms with van der Waals surface area (Å²) in [4.78, 5) is 0. The summed E-state index contributed by atoms with van der Waals surface area (Å²) in [7, 11) is -22.7. The predicted octanol–water partition coefficient (Wildman–Crippen LogP) is 1.92. The highest BCUT2D eigenvalue weighted by Gasteiger charge is 2.50. The van der Waals surface area contributed by atoms with Gasteiger partial charge in [0.15, 0.2) is 0 Å². The number of rotatable bonds is 9. The van der Waals surface area contributed by atoms with Crippen molar-refractivity contribution in [1.82, 2.24) is 0 Å². The lowest BCUT2D eigenvalue weighted by molar-refractivity contribution is -0.0504. The zero-order valence-electron chi connectivity index (χ0n) is 22.7. The molecule has 0 radical (unpaired) electrons. The van der Waals surface area contributed by atoms with Crippen LogP contribution in [0.15, 0.2) is 72.8 Å². The van der Waals surface area contributed by atoms with E-state index in [1.807, 2.05) is 0 Å². The molecule has 1 saturated heterocycles. The first-order valence-electron chi connectivity index (χ1n) is 12.2. The molecule has 0 spiro atoms. The largest absolute Gasteiger partial charge is 0.534 e. The molecular weight excluding hydrogens is 744 g/mol. The van der Waals surface area contributed by atoms with E-state index in [1.54, 1.807) is 0 Å². The Kier molecular flexibility index (Phi) is 10.1. The molecule has 4 rings (SSSR count). The van der Waals surface area contributed by atoms with Gasteiger partial charge in [0, 0.05) is 0 Å². The van der Waals surface area contributed by atoms with Crippen LogP contribution in [0.5, 0.6) is 17.2 Å². The van der Waals surface area contributed by atoms with Gasteiger partial charge in [-0.2, -0.15) is 64.8 Å². The van der Waals surface area contributed by atoms with E-state index in [-0.39, 0.29) is 16.4 Å². The first kappa shape index (κ1) is 37.2. The van der Waals surface area contributed by atoms with Gasteiger partial charge in [-0.05, 0) is 52.8 Å². The van der Waals surface area contributed by atoms with Crippen LogP contribution in [0, 0.1) is 0 Å². The van der Waals surface area contributed by atoms with Crippen LogP contribution in [-0.4, -0.2) is 63.1 Å². The molecule has 258 valence electrons. The first-order chi connectivity index (χ1) is 21.9. The Bertz CT molecular complexity index is 1710. The van der Waals surface area contributed by atoms with Crippen molar-refractivity contribution in [3.8, 4) is 17.2 Å². The van der Waals surface area contributed by atoms with Gasteiger partial charge >= 0.3 is 68.2 Å². The molecule has 0 bridgehead atoms. The standard InChI is InChI=1S/C21H12B3F9O12S3/c25-19(26,27)46(34,35)40-16-7-1-13(2-8-16)22-43-23(14-3-9-17(10-4-14)41-47(36,37)20(28,29)30)45-24(44-22)15-5-11-18(12-6-15)42-48(38,39)21(31,32)33/h1-12H. The second-order valence-corrected chi connectivity index (χ2v) is 13.7. The maximum atomic E-state index is 12.7. The molecule has 3 aromatic rings. The summed E-state index contributed by atoms with van der Waals surface area (Å²) in [5, 5.41) is 0. The Morgan fingerprint density at radius 2 is 0.583 bits per heavy atom. The average molecular weight is 756 g/mol. The molecule has 0 saturated carbocycles. The van der Waals surface area contributed by atoms with Crippen LogP contribution in [0.4, 0.5) is 39.5 Å². The Morgan fingerprint density at radius 3 is 0.750 bits per heavy atom. The number of benzene rings is 3. The maximum Gasteiger partial charge on any atom is 0.534 e. The van der Waals surface area contributed by atoms with Gasteiger partial charge in [0.2, 0.25) is 0 Å². The normalized spacial score (nSPS) is 15.3. The minimum atomic E-state index is -6.03. The first-order valence-corrected chi connectivity index (χ1v) is 16.4. The van der Waals surface area contributed by atoms with Gasteiger partial charge in [0.1, 0.15) is 17.2 Å². The van der Waals surface area contributed by atoms with Crippen molar-refractivity contribution in [2.75, 3.05) is 0 Å². The molecule has 48 heavy (non-hydrogen) atoms. The van der Waals surface area contributed by atoms with Crippen LogP contribution < -0.4 is 28.9 Å². The molecule has 0 aromatic heterocycles. The second-order valence-electron chi connectivity index (χ2n) is 9.06. The van der Waals surface area contributed by atoms with E-state index < -0.39 is 85.5 Å². The second kappa shape index (κ2) is 13.0. The van der Waals surface area contributed by atoms with Crippen molar-refractivity contribution in [2.24, 2.45) is 0 Å². The molecule has 1 aliphatic rings. The quantitative estimate of drug-likeness (QED) is 0.136. The highest BCUT2D eigenvalue weighted by atomic mass is 32.2. The van der Waals surface area contributed by atoms with E-state index in [9.17, 15) is 64.8 Å². The average Bonchev–Trinajstić information content (AvgIpc) is 2.96.